The zero-order valence-electron chi connectivity index (χ0n) is 9.33. The van der Waals surface area contributed by atoms with E-state index in [4.69, 9.17) is 17.3 Å². The molecule has 1 saturated heterocycles. The Labute approximate surface area is 114 Å². The van der Waals surface area contributed by atoms with Crippen molar-refractivity contribution in [2.75, 3.05) is 13.1 Å². The summed E-state index contributed by atoms with van der Waals surface area (Å²) in [4.78, 5) is 14.1. The van der Waals surface area contributed by atoms with Gasteiger partial charge in [-0.1, -0.05) is 27.5 Å². The molecular formula is C12H14BrClN2O. The molecule has 1 heterocycles. The molecule has 17 heavy (non-hydrogen) atoms. The lowest BCUT2D eigenvalue weighted by Gasteiger charge is -2.31. The number of amides is 1. The Morgan fingerprint density at radius 3 is 3.00 bits per heavy atom. The maximum atomic E-state index is 12.3. The molecule has 1 fully saturated rings. The predicted octanol–water partition coefficient (Wildman–Crippen LogP) is 2.67. The molecule has 1 aliphatic heterocycles. The Morgan fingerprint density at radius 1 is 1.53 bits per heavy atom. The topological polar surface area (TPSA) is 46.3 Å². The van der Waals surface area contributed by atoms with Crippen LogP contribution in [0, 0.1) is 0 Å². The molecule has 3 nitrogen and oxygen atoms in total. The second kappa shape index (κ2) is 5.38. The summed E-state index contributed by atoms with van der Waals surface area (Å²) in [7, 11) is 0. The Morgan fingerprint density at radius 2 is 2.29 bits per heavy atom. The minimum Gasteiger partial charge on any atom is -0.337 e. The standard InChI is InChI=1S/C12H14BrClN2O/c13-8-3-4-11(14)10(6-8)12(17)16-5-1-2-9(15)7-16/h3-4,6,9H,1-2,5,7,15H2. The van der Waals surface area contributed by atoms with Gasteiger partial charge in [-0.15, -0.1) is 0 Å². The number of carbonyl (C=O) groups excluding carboxylic acids is 1. The molecule has 1 aromatic rings. The number of hydrogen-bond donors (Lipinski definition) is 1. The Balaban J connectivity index is 2.21. The van der Waals surface area contributed by atoms with Gasteiger partial charge in [0.1, 0.15) is 0 Å². The summed E-state index contributed by atoms with van der Waals surface area (Å²) in [6.07, 6.45) is 1.94. The monoisotopic (exact) mass is 316 g/mol. The molecule has 2 N–H and O–H groups in total. The van der Waals surface area contributed by atoms with Crippen molar-refractivity contribution >= 4 is 33.4 Å². The third kappa shape index (κ3) is 3.00. The van der Waals surface area contributed by atoms with E-state index in [9.17, 15) is 4.79 Å². The lowest BCUT2D eigenvalue weighted by molar-refractivity contribution is 0.0709. The molecule has 1 aromatic carbocycles. The number of likely N-dealkylation sites (tertiary alicyclic amines) is 1. The van der Waals surface area contributed by atoms with Gasteiger partial charge in [0.05, 0.1) is 10.6 Å². The van der Waals surface area contributed by atoms with Gasteiger partial charge in [0.25, 0.3) is 5.91 Å². The molecule has 1 atom stereocenters. The summed E-state index contributed by atoms with van der Waals surface area (Å²) < 4.78 is 0.853. The highest BCUT2D eigenvalue weighted by Crippen LogP contribution is 2.23. The van der Waals surface area contributed by atoms with Crippen LogP contribution in [0.3, 0.4) is 0 Å². The van der Waals surface area contributed by atoms with Crippen molar-refractivity contribution in [1.29, 1.82) is 0 Å². The lowest BCUT2D eigenvalue weighted by Crippen LogP contribution is -2.45. The minimum absolute atomic E-state index is 0.0357. The summed E-state index contributed by atoms with van der Waals surface area (Å²) >= 11 is 9.39. The number of piperidine rings is 1. The third-order valence-corrected chi connectivity index (χ3v) is 3.73. The molecule has 0 radical (unpaired) electrons. The van der Waals surface area contributed by atoms with Gasteiger partial charge in [0.2, 0.25) is 0 Å². The lowest BCUT2D eigenvalue weighted by atomic mass is 10.1. The van der Waals surface area contributed by atoms with E-state index in [0.29, 0.717) is 17.1 Å². The molecular weight excluding hydrogens is 304 g/mol. The van der Waals surface area contributed by atoms with Gasteiger partial charge >= 0.3 is 0 Å². The maximum Gasteiger partial charge on any atom is 0.255 e. The number of nitrogens with zero attached hydrogens (tertiary/aromatic N) is 1. The van der Waals surface area contributed by atoms with Crippen LogP contribution in [0.5, 0.6) is 0 Å². The highest BCUT2D eigenvalue weighted by Gasteiger charge is 2.23. The van der Waals surface area contributed by atoms with Crippen LogP contribution in [0.2, 0.25) is 5.02 Å². The van der Waals surface area contributed by atoms with Crippen molar-refractivity contribution in [2.24, 2.45) is 5.73 Å². The van der Waals surface area contributed by atoms with E-state index in [1.54, 1.807) is 17.0 Å². The van der Waals surface area contributed by atoms with Gasteiger partial charge in [0, 0.05) is 23.6 Å². The predicted molar refractivity (Wildman–Crippen MR) is 72.3 cm³/mol. The van der Waals surface area contributed by atoms with Gasteiger partial charge in [-0.25, -0.2) is 0 Å². The highest BCUT2D eigenvalue weighted by molar-refractivity contribution is 9.10. The van der Waals surface area contributed by atoms with Crippen molar-refractivity contribution in [3.63, 3.8) is 0 Å². The van der Waals surface area contributed by atoms with Crippen molar-refractivity contribution < 1.29 is 4.79 Å². The molecule has 0 saturated carbocycles. The maximum absolute atomic E-state index is 12.3. The van der Waals surface area contributed by atoms with Gasteiger partial charge in [-0.2, -0.15) is 0 Å². The molecule has 1 aliphatic rings. The van der Waals surface area contributed by atoms with E-state index in [-0.39, 0.29) is 11.9 Å². The molecule has 0 bridgehead atoms. The van der Waals surface area contributed by atoms with E-state index >= 15 is 0 Å². The second-order valence-corrected chi connectivity index (χ2v) is 5.60. The molecule has 92 valence electrons. The quantitative estimate of drug-likeness (QED) is 0.865. The van der Waals surface area contributed by atoms with Crippen LogP contribution in [-0.2, 0) is 0 Å². The van der Waals surface area contributed by atoms with Gasteiger partial charge < -0.3 is 10.6 Å². The first-order valence-corrected chi connectivity index (χ1v) is 6.75. The molecule has 0 aromatic heterocycles. The number of hydrogen-bond acceptors (Lipinski definition) is 2. The Kier molecular flexibility index (Phi) is 4.07. The van der Waals surface area contributed by atoms with Gasteiger partial charge in [-0.05, 0) is 31.0 Å². The summed E-state index contributed by atoms with van der Waals surface area (Å²) in [5.41, 5.74) is 6.41. The summed E-state index contributed by atoms with van der Waals surface area (Å²) in [5.74, 6) is -0.0357. The number of halogens is 2. The second-order valence-electron chi connectivity index (χ2n) is 4.28. The van der Waals surface area contributed by atoms with Crippen molar-refractivity contribution in [2.45, 2.75) is 18.9 Å². The molecule has 5 heteroatoms. The summed E-state index contributed by atoms with van der Waals surface area (Å²) in [6, 6.07) is 5.38. The minimum atomic E-state index is -0.0357. The average molecular weight is 318 g/mol. The molecule has 0 aliphatic carbocycles. The largest absolute Gasteiger partial charge is 0.337 e. The van der Waals surface area contributed by atoms with E-state index < -0.39 is 0 Å². The van der Waals surface area contributed by atoms with Crippen LogP contribution in [0.1, 0.15) is 23.2 Å². The average Bonchev–Trinajstić information content (AvgIpc) is 2.31. The normalized spacial score (nSPS) is 20.4. The molecule has 1 amide bonds. The fraction of sp³-hybridized carbons (Fsp3) is 0.417. The number of carbonyl (C=O) groups is 1. The van der Waals surface area contributed by atoms with Crippen LogP contribution in [-0.4, -0.2) is 29.9 Å². The zero-order chi connectivity index (χ0) is 12.4. The zero-order valence-corrected chi connectivity index (χ0v) is 11.7. The van der Waals surface area contributed by atoms with E-state index in [2.05, 4.69) is 15.9 Å². The highest BCUT2D eigenvalue weighted by atomic mass is 79.9. The van der Waals surface area contributed by atoms with Gasteiger partial charge in [-0.3, -0.25) is 4.79 Å². The molecule has 2 rings (SSSR count). The Bertz CT molecular complexity index is 439. The van der Waals surface area contributed by atoms with Crippen LogP contribution in [0.25, 0.3) is 0 Å². The van der Waals surface area contributed by atoms with Crippen LogP contribution >= 0.6 is 27.5 Å². The first kappa shape index (κ1) is 12.9. The smallest absolute Gasteiger partial charge is 0.255 e. The Hall–Kier alpha value is -0.580. The van der Waals surface area contributed by atoms with Crippen molar-refractivity contribution in [1.82, 2.24) is 4.90 Å². The fourth-order valence-corrected chi connectivity index (χ4v) is 2.59. The fourth-order valence-electron chi connectivity index (χ4n) is 2.03. The van der Waals surface area contributed by atoms with E-state index in [1.165, 1.54) is 0 Å². The van der Waals surface area contributed by atoms with Crippen molar-refractivity contribution in [3.05, 3.63) is 33.3 Å². The third-order valence-electron chi connectivity index (χ3n) is 2.90. The van der Waals surface area contributed by atoms with Crippen molar-refractivity contribution in [3.8, 4) is 0 Å². The van der Waals surface area contributed by atoms with Crippen LogP contribution in [0.4, 0.5) is 0 Å². The first-order valence-electron chi connectivity index (χ1n) is 5.58. The van der Waals surface area contributed by atoms with Crippen LogP contribution < -0.4 is 5.73 Å². The van der Waals surface area contributed by atoms with E-state index in [0.717, 1.165) is 23.9 Å². The molecule has 1 unspecified atom stereocenters. The molecule has 0 spiro atoms. The van der Waals surface area contributed by atoms with Gasteiger partial charge in [0.15, 0.2) is 0 Å². The van der Waals surface area contributed by atoms with Crippen LogP contribution in [0.15, 0.2) is 22.7 Å². The number of benzene rings is 1. The first-order chi connectivity index (χ1) is 8.08. The van der Waals surface area contributed by atoms with E-state index in [1.807, 2.05) is 6.07 Å². The number of rotatable bonds is 1. The summed E-state index contributed by atoms with van der Waals surface area (Å²) in [6.45, 7) is 1.37. The summed E-state index contributed by atoms with van der Waals surface area (Å²) in [5, 5.41) is 0.484. The SMILES string of the molecule is NC1CCCN(C(=O)c2cc(Br)ccc2Cl)C1. The number of nitrogens with two attached hydrogens (primary N) is 1.